The molecule has 2 rings (SSSR count). The van der Waals surface area contributed by atoms with E-state index in [2.05, 4.69) is 5.32 Å². The van der Waals surface area contributed by atoms with Crippen molar-refractivity contribution in [2.45, 2.75) is 38.6 Å². The van der Waals surface area contributed by atoms with Gasteiger partial charge in [0.2, 0.25) is 0 Å². The largest absolute Gasteiger partial charge is 0.494 e. The second kappa shape index (κ2) is 7.92. The SMILES string of the molecule is COc1cc([N+](=O)[O-])ccc1NC(=O)[C@H](C)[NH+]1CCCCCC1. The summed E-state index contributed by atoms with van der Waals surface area (Å²) in [4.78, 5) is 24.1. The van der Waals surface area contributed by atoms with Gasteiger partial charge in [0.05, 0.1) is 36.9 Å². The molecule has 126 valence electrons. The quantitative estimate of drug-likeness (QED) is 0.633. The predicted octanol–water partition coefficient (Wildman–Crippen LogP) is 1.39. The Morgan fingerprint density at radius 3 is 2.52 bits per heavy atom. The van der Waals surface area contributed by atoms with E-state index in [1.807, 2.05) is 6.92 Å². The third-order valence-electron chi connectivity index (χ3n) is 4.41. The van der Waals surface area contributed by atoms with E-state index in [-0.39, 0.29) is 17.6 Å². The molecular formula is C16H24N3O4+. The number of carbonyl (C=O) groups is 1. The molecule has 0 spiro atoms. The van der Waals surface area contributed by atoms with Crippen molar-refractivity contribution in [3.63, 3.8) is 0 Å². The van der Waals surface area contributed by atoms with Crippen molar-refractivity contribution in [3.05, 3.63) is 28.3 Å². The van der Waals surface area contributed by atoms with E-state index in [1.165, 1.54) is 43.1 Å². The molecule has 0 aromatic heterocycles. The number of hydrogen-bond donors (Lipinski definition) is 2. The second-order valence-corrected chi connectivity index (χ2v) is 5.93. The maximum absolute atomic E-state index is 12.5. The number of carbonyl (C=O) groups excluding carboxylic acids is 1. The second-order valence-electron chi connectivity index (χ2n) is 5.93. The average Bonchev–Trinajstić information content (AvgIpc) is 2.83. The van der Waals surface area contributed by atoms with Crippen LogP contribution in [-0.4, -0.2) is 37.1 Å². The number of rotatable bonds is 5. The zero-order valence-corrected chi connectivity index (χ0v) is 13.6. The van der Waals surface area contributed by atoms with Gasteiger partial charge in [-0.25, -0.2) is 0 Å². The Balaban J connectivity index is 2.08. The van der Waals surface area contributed by atoms with E-state index in [4.69, 9.17) is 4.74 Å². The molecule has 1 heterocycles. The van der Waals surface area contributed by atoms with Gasteiger partial charge in [-0.15, -0.1) is 0 Å². The molecule has 1 aromatic rings. The van der Waals surface area contributed by atoms with Gasteiger partial charge in [-0.05, 0) is 38.7 Å². The maximum Gasteiger partial charge on any atom is 0.282 e. The van der Waals surface area contributed by atoms with Gasteiger partial charge in [-0.1, -0.05) is 0 Å². The third kappa shape index (κ3) is 4.41. The van der Waals surface area contributed by atoms with Crippen molar-refractivity contribution in [3.8, 4) is 5.75 Å². The highest BCUT2D eigenvalue weighted by Crippen LogP contribution is 2.28. The fraction of sp³-hybridized carbons (Fsp3) is 0.562. The fourth-order valence-electron chi connectivity index (χ4n) is 2.94. The van der Waals surface area contributed by atoms with Crippen LogP contribution < -0.4 is 15.0 Å². The van der Waals surface area contributed by atoms with Crippen LogP contribution in [0.2, 0.25) is 0 Å². The molecule has 0 bridgehead atoms. The zero-order valence-electron chi connectivity index (χ0n) is 13.6. The van der Waals surface area contributed by atoms with Crippen LogP contribution in [0.5, 0.6) is 5.75 Å². The summed E-state index contributed by atoms with van der Waals surface area (Å²) < 4.78 is 5.16. The van der Waals surface area contributed by atoms with Crippen LogP contribution in [0.15, 0.2) is 18.2 Å². The maximum atomic E-state index is 12.5. The highest BCUT2D eigenvalue weighted by atomic mass is 16.6. The standard InChI is InChI=1S/C16H23N3O4/c1-12(18-9-5-3-4-6-10-18)16(20)17-14-8-7-13(19(21)22)11-15(14)23-2/h7-8,11-12H,3-6,9-10H2,1-2H3,(H,17,20)/p+1/t12-/m0/s1. The lowest BCUT2D eigenvalue weighted by atomic mass is 10.2. The number of ether oxygens (including phenoxy) is 1. The number of non-ortho nitro benzene ring substituents is 1. The number of amides is 1. The van der Waals surface area contributed by atoms with Gasteiger partial charge in [-0.3, -0.25) is 14.9 Å². The minimum atomic E-state index is -0.488. The van der Waals surface area contributed by atoms with E-state index in [0.29, 0.717) is 11.4 Å². The molecule has 1 aromatic carbocycles. The molecule has 2 N–H and O–H groups in total. The number of nitrogens with zero attached hydrogens (tertiary/aromatic N) is 1. The minimum absolute atomic E-state index is 0.0639. The Morgan fingerprint density at radius 2 is 1.96 bits per heavy atom. The van der Waals surface area contributed by atoms with Crippen molar-refractivity contribution in [1.82, 2.24) is 0 Å². The first-order chi connectivity index (χ1) is 11.0. The molecule has 1 aliphatic heterocycles. The molecule has 1 fully saturated rings. The van der Waals surface area contributed by atoms with Crippen molar-refractivity contribution in [2.75, 3.05) is 25.5 Å². The molecule has 1 aliphatic rings. The van der Waals surface area contributed by atoms with Gasteiger partial charge >= 0.3 is 0 Å². The third-order valence-corrected chi connectivity index (χ3v) is 4.41. The molecule has 0 aliphatic carbocycles. The summed E-state index contributed by atoms with van der Waals surface area (Å²) >= 11 is 0. The lowest BCUT2D eigenvalue weighted by Crippen LogP contribution is -3.16. The first-order valence-corrected chi connectivity index (χ1v) is 8.01. The van der Waals surface area contributed by atoms with Crippen molar-refractivity contribution < 1.29 is 19.4 Å². The first-order valence-electron chi connectivity index (χ1n) is 8.01. The topological polar surface area (TPSA) is 85.9 Å². The summed E-state index contributed by atoms with van der Waals surface area (Å²) in [7, 11) is 1.43. The van der Waals surface area contributed by atoms with Gasteiger partial charge in [0, 0.05) is 6.07 Å². The zero-order chi connectivity index (χ0) is 16.8. The van der Waals surface area contributed by atoms with Gasteiger partial charge < -0.3 is 15.0 Å². The molecule has 23 heavy (non-hydrogen) atoms. The van der Waals surface area contributed by atoms with Crippen LogP contribution in [0.4, 0.5) is 11.4 Å². The smallest absolute Gasteiger partial charge is 0.282 e. The number of likely N-dealkylation sites (tertiary alicyclic amines) is 1. The lowest BCUT2D eigenvalue weighted by molar-refractivity contribution is -0.913. The first kappa shape index (κ1) is 17.2. The normalized spacial score (nSPS) is 17.1. The Hall–Kier alpha value is -2.15. The molecular weight excluding hydrogens is 298 g/mol. The highest BCUT2D eigenvalue weighted by Gasteiger charge is 2.26. The minimum Gasteiger partial charge on any atom is -0.494 e. The van der Waals surface area contributed by atoms with Crippen LogP contribution in [0.3, 0.4) is 0 Å². The number of quaternary nitrogens is 1. The van der Waals surface area contributed by atoms with Crippen LogP contribution in [-0.2, 0) is 4.79 Å². The molecule has 1 amide bonds. The number of nitrogens with one attached hydrogen (secondary N) is 2. The number of nitro groups is 1. The summed E-state index contributed by atoms with van der Waals surface area (Å²) in [5, 5.41) is 13.6. The van der Waals surface area contributed by atoms with Crippen LogP contribution in [0, 0.1) is 10.1 Å². The van der Waals surface area contributed by atoms with Crippen molar-refractivity contribution >= 4 is 17.3 Å². The number of hydrogen-bond acceptors (Lipinski definition) is 4. The van der Waals surface area contributed by atoms with Crippen LogP contribution >= 0.6 is 0 Å². The highest BCUT2D eigenvalue weighted by molar-refractivity contribution is 5.95. The summed E-state index contributed by atoms with van der Waals surface area (Å²) in [5.41, 5.74) is 0.398. The monoisotopic (exact) mass is 322 g/mol. The van der Waals surface area contributed by atoms with Crippen molar-refractivity contribution in [1.29, 1.82) is 0 Å². The van der Waals surface area contributed by atoms with Gasteiger partial charge in [0.1, 0.15) is 5.75 Å². The number of benzene rings is 1. The van der Waals surface area contributed by atoms with E-state index in [1.54, 1.807) is 0 Å². The fourth-order valence-corrected chi connectivity index (χ4v) is 2.94. The Kier molecular flexibility index (Phi) is 5.92. The van der Waals surface area contributed by atoms with E-state index in [9.17, 15) is 14.9 Å². The van der Waals surface area contributed by atoms with Crippen LogP contribution in [0.1, 0.15) is 32.6 Å². The summed E-state index contributed by atoms with van der Waals surface area (Å²) in [5.74, 6) is 0.208. The van der Waals surface area contributed by atoms with Gasteiger partial charge in [-0.2, -0.15) is 0 Å². The Bertz CT molecular complexity index is 568. The van der Waals surface area contributed by atoms with E-state index < -0.39 is 4.92 Å². The molecule has 0 unspecified atom stereocenters. The van der Waals surface area contributed by atoms with E-state index >= 15 is 0 Å². The lowest BCUT2D eigenvalue weighted by Gasteiger charge is -2.24. The molecule has 1 saturated heterocycles. The summed E-state index contributed by atoms with van der Waals surface area (Å²) in [6.45, 7) is 3.94. The average molecular weight is 322 g/mol. The molecule has 0 radical (unpaired) electrons. The summed E-state index contributed by atoms with van der Waals surface area (Å²) in [6.07, 6.45) is 4.75. The molecule has 0 saturated carbocycles. The van der Waals surface area contributed by atoms with Crippen molar-refractivity contribution in [2.24, 2.45) is 0 Å². The molecule has 7 heteroatoms. The molecule has 1 atom stereocenters. The van der Waals surface area contributed by atoms with E-state index in [0.717, 1.165) is 25.9 Å². The number of nitro benzene ring substituents is 1. The molecule has 7 nitrogen and oxygen atoms in total. The number of methoxy groups -OCH3 is 1. The van der Waals surface area contributed by atoms with Gasteiger partial charge in [0.15, 0.2) is 6.04 Å². The van der Waals surface area contributed by atoms with Gasteiger partial charge in [0.25, 0.3) is 11.6 Å². The number of anilines is 1. The van der Waals surface area contributed by atoms with Crippen LogP contribution in [0.25, 0.3) is 0 Å². The summed E-state index contributed by atoms with van der Waals surface area (Å²) in [6, 6.07) is 4.04. The Morgan fingerprint density at radius 1 is 1.30 bits per heavy atom. The Labute approximate surface area is 135 Å². The predicted molar refractivity (Wildman–Crippen MR) is 86.9 cm³/mol.